The Labute approximate surface area is 80.2 Å². The molecule has 0 fully saturated rings. The van der Waals surface area contributed by atoms with Crippen LogP contribution in [-0.4, -0.2) is 29.9 Å². The Morgan fingerprint density at radius 2 is 2.38 bits per heavy atom. The van der Waals surface area contributed by atoms with E-state index in [-0.39, 0.29) is 0 Å². The number of nitrogens with zero attached hydrogens (tertiary/aromatic N) is 2. The van der Waals surface area contributed by atoms with Gasteiger partial charge in [-0.1, -0.05) is 4.49 Å². The number of methoxy groups -OCH3 is 1. The number of hydrazine groups is 1. The number of aromatic nitrogens is 2. The van der Waals surface area contributed by atoms with Gasteiger partial charge in [0.1, 0.15) is 10.7 Å². The van der Waals surface area contributed by atoms with Gasteiger partial charge in [-0.15, -0.1) is 5.10 Å². The molecule has 0 aliphatic heterocycles. The number of ether oxygens (including phenoxy) is 2. The molecule has 1 rings (SSSR count). The Morgan fingerprint density at radius 3 is 3.08 bits per heavy atom. The molecule has 0 radical (unpaired) electrons. The zero-order chi connectivity index (χ0) is 9.52. The van der Waals surface area contributed by atoms with E-state index in [1.807, 2.05) is 0 Å². The van der Waals surface area contributed by atoms with Crippen LogP contribution in [-0.2, 0) is 16.1 Å². The van der Waals surface area contributed by atoms with Gasteiger partial charge >= 0.3 is 0 Å². The standard InChI is InChI=1S/C6H12N4O2S/c1-11-2-3-12-4-5-6(8-7)13-10-9-5/h8H,2-4,7H2,1H3. The zero-order valence-corrected chi connectivity index (χ0v) is 8.13. The third-order valence-electron chi connectivity index (χ3n) is 1.36. The molecule has 0 aromatic carbocycles. The molecule has 0 unspecified atom stereocenters. The number of nitrogens with two attached hydrogens (primary N) is 1. The van der Waals surface area contributed by atoms with E-state index in [0.717, 1.165) is 10.7 Å². The Balaban J connectivity index is 2.27. The fourth-order valence-corrected chi connectivity index (χ4v) is 1.20. The van der Waals surface area contributed by atoms with Crippen LogP contribution in [0.2, 0.25) is 0 Å². The third kappa shape index (κ3) is 3.23. The maximum absolute atomic E-state index is 5.24. The molecule has 0 bridgehead atoms. The highest BCUT2D eigenvalue weighted by Gasteiger charge is 2.05. The van der Waals surface area contributed by atoms with Crippen molar-refractivity contribution in [2.45, 2.75) is 6.61 Å². The Morgan fingerprint density at radius 1 is 1.54 bits per heavy atom. The second-order valence-electron chi connectivity index (χ2n) is 2.24. The molecule has 13 heavy (non-hydrogen) atoms. The minimum atomic E-state index is 0.402. The molecule has 1 aromatic rings. The van der Waals surface area contributed by atoms with Gasteiger partial charge in [-0.3, -0.25) is 0 Å². The first-order chi connectivity index (χ1) is 6.38. The monoisotopic (exact) mass is 204 g/mol. The number of nitrogen functional groups attached to an aromatic ring is 1. The van der Waals surface area contributed by atoms with Gasteiger partial charge in [0.2, 0.25) is 0 Å². The highest BCUT2D eigenvalue weighted by atomic mass is 32.1. The van der Waals surface area contributed by atoms with E-state index in [2.05, 4.69) is 15.0 Å². The van der Waals surface area contributed by atoms with Crippen LogP contribution < -0.4 is 11.3 Å². The summed E-state index contributed by atoms with van der Waals surface area (Å²) in [6.07, 6.45) is 0. The van der Waals surface area contributed by atoms with E-state index in [1.54, 1.807) is 7.11 Å². The molecule has 6 nitrogen and oxygen atoms in total. The molecule has 1 aromatic heterocycles. The summed E-state index contributed by atoms with van der Waals surface area (Å²) in [4.78, 5) is 0. The summed E-state index contributed by atoms with van der Waals surface area (Å²) in [7, 11) is 1.63. The van der Waals surface area contributed by atoms with E-state index in [1.165, 1.54) is 11.5 Å². The Kier molecular flexibility index (Phi) is 4.61. The van der Waals surface area contributed by atoms with Gasteiger partial charge in [0.15, 0.2) is 0 Å². The summed E-state index contributed by atoms with van der Waals surface area (Å²) >= 11 is 1.20. The SMILES string of the molecule is COCCOCc1nnsc1NN. The molecule has 0 atom stereocenters. The van der Waals surface area contributed by atoms with Gasteiger partial charge in [-0.05, 0) is 0 Å². The first-order valence-corrected chi connectivity index (χ1v) is 4.50. The van der Waals surface area contributed by atoms with Crippen molar-refractivity contribution >= 4 is 16.5 Å². The van der Waals surface area contributed by atoms with E-state index in [0.29, 0.717) is 19.8 Å². The van der Waals surface area contributed by atoms with E-state index in [4.69, 9.17) is 15.3 Å². The van der Waals surface area contributed by atoms with Crippen LogP contribution in [0.15, 0.2) is 0 Å². The second-order valence-corrected chi connectivity index (χ2v) is 2.99. The molecular weight excluding hydrogens is 192 g/mol. The Hall–Kier alpha value is -0.760. The van der Waals surface area contributed by atoms with Crippen LogP contribution in [0.3, 0.4) is 0 Å². The normalized spacial score (nSPS) is 10.3. The maximum atomic E-state index is 5.24. The summed E-state index contributed by atoms with van der Waals surface area (Å²) in [6.45, 7) is 1.51. The molecule has 0 saturated heterocycles. The quantitative estimate of drug-likeness (QED) is 0.385. The van der Waals surface area contributed by atoms with Crippen LogP contribution in [0.4, 0.5) is 5.00 Å². The van der Waals surface area contributed by atoms with E-state index < -0.39 is 0 Å². The van der Waals surface area contributed by atoms with E-state index in [9.17, 15) is 0 Å². The number of hydrogen-bond acceptors (Lipinski definition) is 7. The highest BCUT2D eigenvalue weighted by Crippen LogP contribution is 2.16. The molecule has 0 saturated carbocycles. The Bertz CT molecular complexity index is 242. The van der Waals surface area contributed by atoms with Crippen molar-refractivity contribution < 1.29 is 9.47 Å². The van der Waals surface area contributed by atoms with Gasteiger partial charge in [0.05, 0.1) is 19.8 Å². The molecule has 0 amide bonds. The molecule has 0 aliphatic carbocycles. The summed E-state index contributed by atoms with van der Waals surface area (Å²) in [5.74, 6) is 5.23. The molecule has 7 heteroatoms. The predicted octanol–water partition coefficient (Wildman–Crippen LogP) is -0.0133. The lowest BCUT2D eigenvalue weighted by atomic mass is 10.5. The van der Waals surface area contributed by atoms with Gasteiger partial charge in [0, 0.05) is 18.6 Å². The van der Waals surface area contributed by atoms with Gasteiger partial charge in [0.25, 0.3) is 0 Å². The third-order valence-corrected chi connectivity index (χ3v) is 2.06. The maximum Gasteiger partial charge on any atom is 0.149 e. The first kappa shape index (κ1) is 10.3. The fraction of sp³-hybridized carbons (Fsp3) is 0.667. The molecule has 0 spiro atoms. The van der Waals surface area contributed by atoms with Crippen molar-refractivity contribution in [2.75, 3.05) is 25.7 Å². The van der Waals surface area contributed by atoms with Crippen molar-refractivity contribution in [3.05, 3.63) is 5.69 Å². The smallest absolute Gasteiger partial charge is 0.149 e. The van der Waals surface area contributed by atoms with Gasteiger partial charge < -0.3 is 14.9 Å². The van der Waals surface area contributed by atoms with Crippen LogP contribution in [0.25, 0.3) is 0 Å². The predicted molar refractivity (Wildman–Crippen MR) is 49.3 cm³/mol. The lowest BCUT2D eigenvalue weighted by Crippen LogP contribution is -2.09. The molecule has 74 valence electrons. The minimum Gasteiger partial charge on any atom is -0.382 e. The van der Waals surface area contributed by atoms with Crippen molar-refractivity contribution in [1.82, 2.24) is 9.59 Å². The summed E-state index contributed by atoms with van der Waals surface area (Å²) in [5, 5.41) is 4.58. The molecule has 3 N–H and O–H groups in total. The zero-order valence-electron chi connectivity index (χ0n) is 7.32. The first-order valence-electron chi connectivity index (χ1n) is 3.73. The largest absolute Gasteiger partial charge is 0.382 e. The van der Waals surface area contributed by atoms with Crippen molar-refractivity contribution in [2.24, 2.45) is 5.84 Å². The summed E-state index contributed by atoms with van der Waals surface area (Å²) in [6, 6.07) is 0. The minimum absolute atomic E-state index is 0.402. The number of rotatable bonds is 6. The van der Waals surface area contributed by atoms with E-state index >= 15 is 0 Å². The molecular formula is C6H12N4O2S. The van der Waals surface area contributed by atoms with Crippen molar-refractivity contribution in [3.63, 3.8) is 0 Å². The lowest BCUT2D eigenvalue weighted by molar-refractivity contribution is 0.0604. The number of anilines is 1. The van der Waals surface area contributed by atoms with Crippen LogP contribution in [0, 0.1) is 0 Å². The molecule has 0 aliphatic rings. The van der Waals surface area contributed by atoms with Gasteiger partial charge in [-0.2, -0.15) is 0 Å². The number of nitrogens with one attached hydrogen (secondary N) is 1. The van der Waals surface area contributed by atoms with Crippen molar-refractivity contribution in [3.8, 4) is 0 Å². The average Bonchev–Trinajstić information content (AvgIpc) is 2.60. The summed E-state index contributed by atoms with van der Waals surface area (Å²) in [5.41, 5.74) is 3.22. The lowest BCUT2D eigenvalue weighted by Gasteiger charge is -2.01. The summed E-state index contributed by atoms with van der Waals surface area (Å²) < 4.78 is 13.8. The van der Waals surface area contributed by atoms with Gasteiger partial charge in [-0.25, -0.2) is 5.84 Å². The average molecular weight is 204 g/mol. The topological polar surface area (TPSA) is 82.3 Å². The highest BCUT2D eigenvalue weighted by molar-refractivity contribution is 7.10. The fourth-order valence-electron chi connectivity index (χ4n) is 0.724. The van der Waals surface area contributed by atoms with Crippen LogP contribution in [0.5, 0.6) is 0 Å². The second kappa shape index (κ2) is 5.81. The van der Waals surface area contributed by atoms with Crippen LogP contribution in [0.1, 0.15) is 5.69 Å². The van der Waals surface area contributed by atoms with Crippen molar-refractivity contribution in [1.29, 1.82) is 0 Å². The molecule has 1 heterocycles. The van der Waals surface area contributed by atoms with Crippen LogP contribution >= 0.6 is 11.5 Å². The number of hydrogen-bond donors (Lipinski definition) is 2.